The van der Waals surface area contributed by atoms with Crippen LogP contribution in [0.3, 0.4) is 0 Å². The molecule has 0 saturated carbocycles. The molecule has 0 atom stereocenters. The molecule has 3 amide bonds. The Balaban J connectivity index is 2.22. The summed E-state index contributed by atoms with van der Waals surface area (Å²) in [6.07, 6.45) is 0.276. The van der Waals surface area contributed by atoms with Gasteiger partial charge in [-0.1, -0.05) is 0 Å². The summed E-state index contributed by atoms with van der Waals surface area (Å²) < 4.78 is 0. The number of anilines is 1. The first-order valence-corrected chi connectivity index (χ1v) is 6.01. The summed E-state index contributed by atoms with van der Waals surface area (Å²) >= 11 is 0. The molecule has 0 spiro atoms. The quantitative estimate of drug-likeness (QED) is 0.806. The van der Waals surface area contributed by atoms with E-state index in [4.69, 9.17) is 5.73 Å². The summed E-state index contributed by atoms with van der Waals surface area (Å²) in [7, 11) is 0. The zero-order chi connectivity index (χ0) is 14.0. The van der Waals surface area contributed by atoms with Crippen molar-refractivity contribution in [1.29, 1.82) is 0 Å². The normalized spacial score (nSPS) is 12.8. The van der Waals surface area contributed by atoms with Gasteiger partial charge in [0.15, 0.2) is 0 Å². The highest BCUT2D eigenvalue weighted by Gasteiger charge is 2.21. The van der Waals surface area contributed by atoms with E-state index in [1.165, 1.54) is 4.90 Å². The molecule has 1 aromatic rings. The van der Waals surface area contributed by atoms with E-state index >= 15 is 0 Å². The Hall–Kier alpha value is -2.37. The van der Waals surface area contributed by atoms with Gasteiger partial charge in [-0.3, -0.25) is 14.4 Å². The fourth-order valence-corrected chi connectivity index (χ4v) is 2.06. The molecule has 0 saturated heterocycles. The van der Waals surface area contributed by atoms with E-state index in [1.54, 1.807) is 25.1 Å². The Kier molecular flexibility index (Phi) is 3.50. The third kappa shape index (κ3) is 2.73. The molecule has 0 unspecified atom stereocenters. The molecule has 0 bridgehead atoms. The molecular formula is C13H15N3O3. The van der Waals surface area contributed by atoms with E-state index in [0.29, 0.717) is 12.1 Å². The SMILES string of the molecule is CCN(CC(N)=O)C(=O)c1ccc2c(c1)CC(=O)N2. The number of fused-ring (bicyclic) bond motifs is 1. The molecule has 0 fully saturated rings. The molecule has 6 heteroatoms. The fraction of sp³-hybridized carbons (Fsp3) is 0.308. The number of primary amides is 1. The maximum atomic E-state index is 12.2. The number of rotatable bonds is 4. The number of carbonyl (C=O) groups excluding carboxylic acids is 3. The van der Waals surface area contributed by atoms with Crippen molar-refractivity contribution in [2.24, 2.45) is 5.73 Å². The maximum Gasteiger partial charge on any atom is 0.254 e. The zero-order valence-electron chi connectivity index (χ0n) is 10.6. The van der Waals surface area contributed by atoms with Gasteiger partial charge >= 0.3 is 0 Å². The van der Waals surface area contributed by atoms with Crippen LogP contribution in [-0.2, 0) is 16.0 Å². The van der Waals surface area contributed by atoms with Crippen LogP contribution in [0.1, 0.15) is 22.8 Å². The molecule has 2 rings (SSSR count). The lowest BCUT2D eigenvalue weighted by Crippen LogP contribution is -2.38. The van der Waals surface area contributed by atoms with Gasteiger partial charge in [-0.15, -0.1) is 0 Å². The van der Waals surface area contributed by atoms with Crippen LogP contribution in [0.2, 0.25) is 0 Å². The van der Waals surface area contributed by atoms with Crippen molar-refractivity contribution >= 4 is 23.4 Å². The number of amides is 3. The van der Waals surface area contributed by atoms with Gasteiger partial charge in [0, 0.05) is 17.8 Å². The lowest BCUT2D eigenvalue weighted by atomic mass is 10.1. The third-order valence-corrected chi connectivity index (χ3v) is 2.99. The second-order valence-electron chi connectivity index (χ2n) is 4.38. The minimum atomic E-state index is -0.548. The Bertz CT molecular complexity index is 554. The number of hydrogen-bond acceptors (Lipinski definition) is 3. The van der Waals surface area contributed by atoms with Gasteiger partial charge in [0.05, 0.1) is 13.0 Å². The van der Waals surface area contributed by atoms with E-state index < -0.39 is 5.91 Å². The Morgan fingerprint density at radius 1 is 1.42 bits per heavy atom. The highest BCUT2D eigenvalue weighted by atomic mass is 16.2. The number of carbonyl (C=O) groups is 3. The van der Waals surface area contributed by atoms with Crippen molar-refractivity contribution in [2.75, 3.05) is 18.4 Å². The minimum Gasteiger partial charge on any atom is -0.368 e. The second kappa shape index (κ2) is 5.09. The van der Waals surface area contributed by atoms with E-state index in [2.05, 4.69) is 5.32 Å². The van der Waals surface area contributed by atoms with Gasteiger partial charge in [0.1, 0.15) is 0 Å². The van der Waals surface area contributed by atoms with E-state index in [9.17, 15) is 14.4 Å². The van der Waals surface area contributed by atoms with Crippen molar-refractivity contribution in [3.8, 4) is 0 Å². The lowest BCUT2D eigenvalue weighted by molar-refractivity contribution is -0.118. The predicted molar refractivity (Wildman–Crippen MR) is 69.5 cm³/mol. The van der Waals surface area contributed by atoms with Crippen molar-refractivity contribution in [3.63, 3.8) is 0 Å². The molecule has 100 valence electrons. The minimum absolute atomic E-state index is 0.0796. The van der Waals surface area contributed by atoms with Crippen LogP contribution in [0.15, 0.2) is 18.2 Å². The van der Waals surface area contributed by atoms with Crippen LogP contribution >= 0.6 is 0 Å². The number of hydrogen-bond donors (Lipinski definition) is 2. The molecule has 1 heterocycles. The van der Waals surface area contributed by atoms with Crippen LogP contribution in [0.25, 0.3) is 0 Å². The van der Waals surface area contributed by atoms with Crippen molar-refractivity contribution < 1.29 is 14.4 Å². The van der Waals surface area contributed by atoms with E-state index in [0.717, 1.165) is 11.3 Å². The first-order valence-electron chi connectivity index (χ1n) is 6.01. The largest absolute Gasteiger partial charge is 0.368 e. The van der Waals surface area contributed by atoms with Gasteiger partial charge < -0.3 is 16.0 Å². The zero-order valence-corrected chi connectivity index (χ0v) is 10.6. The molecule has 3 N–H and O–H groups in total. The first kappa shape index (κ1) is 13.1. The molecule has 1 aliphatic rings. The number of benzene rings is 1. The van der Waals surface area contributed by atoms with Gasteiger partial charge in [-0.25, -0.2) is 0 Å². The van der Waals surface area contributed by atoms with Crippen LogP contribution in [0.5, 0.6) is 0 Å². The summed E-state index contributed by atoms with van der Waals surface area (Å²) in [5.41, 5.74) is 7.10. The summed E-state index contributed by atoms with van der Waals surface area (Å²) in [6.45, 7) is 2.07. The smallest absolute Gasteiger partial charge is 0.254 e. The van der Waals surface area contributed by atoms with Crippen LogP contribution in [0, 0.1) is 0 Å². The predicted octanol–water partition coefficient (Wildman–Crippen LogP) is 0.129. The van der Waals surface area contributed by atoms with Crippen molar-refractivity contribution in [2.45, 2.75) is 13.3 Å². The Morgan fingerprint density at radius 2 is 2.16 bits per heavy atom. The average molecular weight is 261 g/mol. The Labute approximate surface area is 110 Å². The third-order valence-electron chi connectivity index (χ3n) is 2.99. The summed E-state index contributed by atoms with van der Waals surface area (Å²) in [6, 6.07) is 5.02. The van der Waals surface area contributed by atoms with Crippen molar-refractivity contribution in [1.82, 2.24) is 4.90 Å². The van der Waals surface area contributed by atoms with Crippen LogP contribution in [-0.4, -0.2) is 35.7 Å². The molecule has 0 radical (unpaired) electrons. The molecule has 0 aromatic heterocycles. The van der Waals surface area contributed by atoms with Crippen LogP contribution in [0.4, 0.5) is 5.69 Å². The van der Waals surface area contributed by atoms with Crippen LogP contribution < -0.4 is 11.1 Å². The highest BCUT2D eigenvalue weighted by molar-refractivity contribution is 6.02. The number of likely N-dealkylation sites (N-methyl/N-ethyl adjacent to an activating group) is 1. The number of nitrogens with one attached hydrogen (secondary N) is 1. The Morgan fingerprint density at radius 3 is 2.79 bits per heavy atom. The standard InChI is InChI=1S/C13H15N3O3/c1-2-16(7-11(14)17)13(19)8-3-4-10-9(5-8)6-12(18)15-10/h3-5H,2,6-7H2,1H3,(H2,14,17)(H,15,18). The van der Waals surface area contributed by atoms with Gasteiger partial charge in [-0.05, 0) is 30.7 Å². The first-order chi connectivity index (χ1) is 9.01. The number of nitrogens with two attached hydrogens (primary N) is 1. The summed E-state index contributed by atoms with van der Waals surface area (Å²) in [4.78, 5) is 35.7. The fourth-order valence-electron chi connectivity index (χ4n) is 2.06. The molecule has 0 aliphatic carbocycles. The highest BCUT2D eigenvalue weighted by Crippen LogP contribution is 2.24. The maximum absolute atomic E-state index is 12.2. The molecule has 1 aromatic carbocycles. The summed E-state index contributed by atoms with van der Waals surface area (Å²) in [5.74, 6) is -0.888. The molecule has 1 aliphatic heterocycles. The monoisotopic (exact) mass is 261 g/mol. The summed E-state index contributed by atoms with van der Waals surface area (Å²) in [5, 5.41) is 2.70. The van der Waals surface area contributed by atoms with Gasteiger partial charge in [0.25, 0.3) is 5.91 Å². The lowest BCUT2D eigenvalue weighted by Gasteiger charge is -2.19. The van der Waals surface area contributed by atoms with E-state index in [1.807, 2.05) is 0 Å². The molecule has 19 heavy (non-hydrogen) atoms. The molecular weight excluding hydrogens is 246 g/mol. The topological polar surface area (TPSA) is 92.5 Å². The van der Waals surface area contributed by atoms with E-state index in [-0.39, 0.29) is 24.8 Å². The number of nitrogens with zero attached hydrogens (tertiary/aromatic N) is 1. The van der Waals surface area contributed by atoms with Gasteiger partial charge in [-0.2, -0.15) is 0 Å². The molecule has 6 nitrogen and oxygen atoms in total. The second-order valence-corrected chi connectivity index (χ2v) is 4.38. The average Bonchev–Trinajstić information content (AvgIpc) is 2.73. The van der Waals surface area contributed by atoms with Gasteiger partial charge in [0.2, 0.25) is 11.8 Å². The van der Waals surface area contributed by atoms with Crippen molar-refractivity contribution in [3.05, 3.63) is 29.3 Å².